The van der Waals surface area contributed by atoms with Crippen molar-refractivity contribution >= 4 is 95.4 Å². The Balaban J connectivity index is 0.000000783. The van der Waals surface area contributed by atoms with Crippen LogP contribution in [0.2, 0.25) is 0 Å². The topological polar surface area (TPSA) is 192 Å². The van der Waals surface area contributed by atoms with Crippen LogP contribution in [0.3, 0.4) is 0 Å². The SMILES string of the molecule is COC([NH-])=O.COC([NH-])=O.[CH2-]c1c(-c2[c-]nc(P[C-]=O)[nH]2)ccc2cc(-c3cc4sc(-c5cnc(P[C-]=O)[nH]5)cc4s3)ccc12.[V+2].[V+2].[Y]. The number of H-pyrrole nitrogens is 2. The zero-order valence-corrected chi connectivity index (χ0v) is 34.2. The Kier molecular flexibility index (Phi) is 19.1. The number of rotatable bonds is 7. The molecule has 4 N–H and O–H groups in total. The monoisotopic (exact) mass is 867 g/mol. The molecule has 2 unspecified atom stereocenters. The average molecular weight is 867 g/mol. The molecular weight excluding hydrogens is 845 g/mol. The van der Waals surface area contributed by atoms with Crippen LogP contribution in [0, 0.1) is 13.1 Å². The Morgan fingerprint density at radius 2 is 1.48 bits per heavy atom. The maximum Gasteiger partial charge on any atom is 2.00 e. The Bertz CT molecular complexity index is 1960. The minimum absolute atomic E-state index is 0. The van der Waals surface area contributed by atoms with Gasteiger partial charge in [-0.15, -0.1) is 45.8 Å². The maximum absolute atomic E-state index is 10.6. The van der Waals surface area contributed by atoms with Gasteiger partial charge in [-0.1, -0.05) is 35.5 Å². The van der Waals surface area contributed by atoms with Crippen molar-refractivity contribution in [2.24, 2.45) is 0 Å². The second-order valence-corrected chi connectivity index (χ2v) is 12.7. The van der Waals surface area contributed by atoms with Crippen LogP contribution in [0.5, 0.6) is 0 Å². The number of ether oxygens (including phenoxy) is 2. The summed E-state index contributed by atoms with van der Waals surface area (Å²) in [4.78, 5) is 56.8. The Hall–Kier alpha value is -2.34. The predicted molar refractivity (Wildman–Crippen MR) is 182 cm³/mol. The van der Waals surface area contributed by atoms with Crippen LogP contribution < -0.4 is 11.1 Å². The quantitative estimate of drug-likeness (QED) is 0.128. The summed E-state index contributed by atoms with van der Waals surface area (Å²) in [5.74, 6) is 0. The molecule has 2 amide bonds. The van der Waals surface area contributed by atoms with Gasteiger partial charge in [0.1, 0.15) is 0 Å². The fourth-order valence-corrected chi connectivity index (χ4v) is 7.15. The number of fused-ring (bicyclic) bond motifs is 2. The smallest absolute Gasteiger partial charge is 0.632 e. The summed E-state index contributed by atoms with van der Waals surface area (Å²) in [6.45, 7) is 4.29. The maximum atomic E-state index is 10.6. The van der Waals surface area contributed by atoms with Gasteiger partial charge in [-0.3, -0.25) is 9.59 Å². The van der Waals surface area contributed by atoms with Crippen molar-refractivity contribution in [3.8, 4) is 32.3 Å². The van der Waals surface area contributed by atoms with E-state index in [1.54, 1.807) is 28.9 Å². The molecule has 0 spiro atoms. The normalized spacial score (nSPS) is 10.2. The zero-order chi connectivity index (χ0) is 32.5. The van der Waals surface area contributed by atoms with Crippen molar-refractivity contribution in [1.82, 2.24) is 19.9 Å². The number of thiophene rings is 2. The fraction of sp³-hybridized carbons (Fsp3) is 0.0690. The van der Waals surface area contributed by atoms with Crippen molar-refractivity contribution in [1.29, 1.82) is 0 Å². The van der Waals surface area contributed by atoms with E-state index in [1.807, 2.05) is 18.1 Å². The molecule has 6 aromatic rings. The van der Waals surface area contributed by atoms with E-state index in [-0.39, 0.29) is 87.0 Å². The minimum Gasteiger partial charge on any atom is -0.632 e. The van der Waals surface area contributed by atoms with Gasteiger partial charge in [0.05, 0.1) is 36.6 Å². The van der Waals surface area contributed by atoms with Crippen LogP contribution in [-0.2, 0) is 88.9 Å². The molecule has 3 radical (unpaired) electrons. The van der Waals surface area contributed by atoms with Crippen molar-refractivity contribution in [3.05, 3.63) is 78.8 Å². The van der Waals surface area contributed by atoms with Gasteiger partial charge in [-0.25, -0.2) is 25.6 Å². The summed E-state index contributed by atoms with van der Waals surface area (Å²) in [7, 11) is 2.11. The van der Waals surface area contributed by atoms with E-state index < -0.39 is 12.2 Å². The molecule has 48 heavy (non-hydrogen) atoms. The number of amides is 2. The number of benzene rings is 2. The average Bonchev–Trinajstić information content (AvgIpc) is 3.83. The van der Waals surface area contributed by atoms with Crippen LogP contribution in [0.1, 0.15) is 5.56 Å². The van der Waals surface area contributed by atoms with E-state index in [0.29, 0.717) is 11.1 Å². The molecule has 4 heterocycles. The molecule has 0 saturated carbocycles. The molecule has 4 aromatic heterocycles. The summed E-state index contributed by atoms with van der Waals surface area (Å²) < 4.78 is 9.99. The first-order chi connectivity index (χ1) is 21.7. The van der Waals surface area contributed by atoms with Gasteiger partial charge in [0, 0.05) is 47.0 Å². The molecule has 0 saturated heterocycles. The summed E-state index contributed by atoms with van der Waals surface area (Å²) in [6, 6.07) is 18.7. The van der Waals surface area contributed by atoms with E-state index in [9.17, 15) is 19.2 Å². The first-order valence-electron chi connectivity index (χ1n) is 12.5. The van der Waals surface area contributed by atoms with E-state index in [2.05, 4.69) is 78.9 Å². The van der Waals surface area contributed by atoms with Gasteiger partial charge in [-0.05, 0) is 23.3 Å². The summed E-state index contributed by atoms with van der Waals surface area (Å²) in [6.07, 6.45) is 2.73. The molecule has 241 valence electrons. The molecule has 0 aliphatic heterocycles. The number of carbonyl (C=O) groups excluding carboxylic acids is 4. The number of aromatic nitrogens is 4. The number of aromatic amines is 2. The second-order valence-electron chi connectivity index (χ2n) is 8.63. The number of nitrogens with one attached hydrogen (secondary N) is 4. The summed E-state index contributed by atoms with van der Waals surface area (Å²) >= 11 is 3.46. The van der Waals surface area contributed by atoms with Crippen molar-refractivity contribution in [2.75, 3.05) is 14.2 Å². The minimum atomic E-state index is -0.995. The Morgan fingerprint density at radius 1 is 0.896 bits per heavy atom. The first-order valence-corrected chi connectivity index (χ1v) is 16.1. The molecule has 2 atom stereocenters. The molecule has 12 nitrogen and oxygen atoms in total. The number of imidazole rings is 2. The molecule has 0 bridgehead atoms. The van der Waals surface area contributed by atoms with Crippen molar-refractivity contribution < 1.29 is 98.5 Å². The molecule has 0 aliphatic carbocycles. The third kappa shape index (κ3) is 11.4. The Morgan fingerprint density at radius 3 is 2.08 bits per heavy atom. The third-order valence-electron chi connectivity index (χ3n) is 5.97. The van der Waals surface area contributed by atoms with Crippen LogP contribution in [0.4, 0.5) is 9.59 Å². The van der Waals surface area contributed by atoms with Crippen molar-refractivity contribution in [3.63, 3.8) is 0 Å². The molecule has 0 aliphatic rings. The largest absolute Gasteiger partial charge is 2.00 e. The van der Waals surface area contributed by atoms with Crippen LogP contribution >= 0.6 is 39.8 Å². The molecule has 2 aromatic carbocycles. The second kappa shape index (κ2) is 21.0. The van der Waals surface area contributed by atoms with Gasteiger partial charge < -0.3 is 45.5 Å². The molecule has 19 heteroatoms. The summed E-state index contributed by atoms with van der Waals surface area (Å²) in [5, 5.41) is 2.17. The zero-order valence-electron chi connectivity index (χ0n) is 25.0. The standard InChI is InChI=1S/C25H14N4O2P2S2.2C2H5NO2.2V.Y/c1-13-16-4-3-15(6-14(16)2-5-17(13)18-9-26-24(28-18)32-11-30)20-7-22-23(34-20)8-21(35-22)19-10-27-25(29-19)33-12-31;2*1-5-2(3)4;;;/h2-8,10,32-33H,1H2,(H,26,28)(H,27,29);2*1H3,(H2,3,4);;;/q-4;;;2*+2;/p-2. The molecular formula is C29H22N6O6P2S2V2Y-2. The molecule has 6 rings (SSSR count). The Labute approximate surface area is 335 Å². The van der Waals surface area contributed by atoms with Gasteiger partial charge >= 0.3 is 37.1 Å². The number of hydrogen-bond donors (Lipinski definition) is 2. The summed E-state index contributed by atoms with van der Waals surface area (Å²) in [5.41, 5.74) is 17.8. The van der Waals surface area contributed by atoms with Gasteiger partial charge in [-0.2, -0.15) is 21.1 Å². The predicted octanol–water partition coefficient (Wildman–Crippen LogP) is 6.89. The first kappa shape index (κ1) is 43.7. The van der Waals surface area contributed by atoms with E-state index in [4.69, 9.17) is 11.5 Å². The molecule has 0 fully saturated rings. The van der Waals surface area contributed by atoms with Crippen LogP contribution in [-0.4, -0.2) is 58.4 Å². The van der Waals surface area contributed by atoms with Crippen LogP contribution in [0.15, 0.2) is 48.7 Å². The van der Waals surface area contributed by atoms with Crippen molar-refractivity contribution in [2.45, 2.75) is 0 Å². The van der Waals surface area contributed by atoms with E-state index >= 15 is 0 Å². The van der Waals surface area contributed by atoms with Gasteiger partial charge in [0.25, 0.3) is 0 Å². The number of hydrogen-bond acceptors (Lipinski definition) is 10. The number of carbonyl (C=O) groups is 2. The number of nitrogens with zero attached hydrogens (tertiary/aromatic N) is 2. The van der Waals surface area contributed by atoms with Gasteiger partial charge in [0.2, 0.25) is 12.2 Å². The third-order valence-corrected chi connectivity index (χ3v) is 9.51. The van der Waals surface area contributed by atoms with E-state index in [1.165, 1.54) is 14.3 Å². The van der Waals surface area contributed by atoms with Crippen LogP contribution in [0.25, 0.3) is 63.9 Å². The number of methoxy groups -OCH3 is 2. The fourth-order valence-electron chi connectivity index (χ4n) is 3.97. The van der Waals surface area contributed by atoms with Gasteiger partial charge in [0.15, 0.2) is 0 Å². The van der Waals surface area contributed by atoms with E-state index in [0.717, 1.165) is 57.9 Å².